The van der Waals surface area contributed by atoms with Gasteiger partial charge in [-0.2, -0.15) is 0 Å². The zero-order chi connectivity index (χ0) is 16.1. The van der Waals surface area contributed by atoms with Crippen molar-refractivity contribution in [1.29, 1.82) is 0 Å². The lowest BCUT2D eigenvalue weighted by molar-refractivity contribution is -0.125. The van der Waals surface area contributed by atoms with Crippen molar-refractivity contribution < 1.29 is 19.2 Å². The molecule has 0 aromatic carbocycles. The number of amides is 4. The van der Waals surface area contributed by atoms with E-state index in [1.165, 1.54) is 0 Å². The van der Waals surface area contributed by atoms with Crippen LogP contribution in [0.15, 0.2) is 22.3 Å². The predicted molar refractivity (Wildman–Crippen MR) is 77.2 cm³/mol. The zero-order valence-corrected chi connectivity index (χ0v) is 12.7. The van der Waals surface area contributed by atoms with Crippen LogP contribution in [0.25, 0.3) is 0 Å². The van der Waals surface area contributed by atoms with Gasteiger partial charge in [0.25, 0.3) is 23.6 Å². The highest BCUT2D eigenvalue weighted by Crippen LogP contribution is 2.52. The van der Waals surface area contributed by atoms with Crippen LogP contribution in [-0.2, 0) is 19.2 Å². The van der Waals surface area contributed by atoms with Crippen molar-refractivity contribution >= 4 is 23.6 Å². The third kappa shape index (κ3) is 1.86. The van der Waals surface area contributed by atoms with Gasteiger partial charge in [-0.1, -0.05) is 19.3 Å². The highest BCUT2D eigenvalue weighted by molar-refractivity contribution is 6.24. The van der Waals surface area contributed by atoms with Crippen LogP contribution in [0.4, 0.5) is 0 Å². The highest BCUT2D eigenvalue weighted by atomic mass is 16.2. The molecule has 2 aliphatic heterocycles. The summed E-state index contributed by atoms with van der Waals surface area (Å²) in [7, 11) is 0. The molecule has 0 saturated heterocycles. The molecule has 3 rings (SSSR count). The summed E-state index contributed by atoms with van der Waals surface area (Å²) >= 11 is 0. The van der Waals surface area contributed by atoms with Gasteiger partial charge in [-0.3, -0.25) is 29.8 Å². The Morgan fingerprint density at radius 3 is 1.41 bits per heavy atom. The fraction of sp³-hybridized carbons (Fsp3) is 0.500. The van der Waals surface area contributed by atoms with Crippen molar-refractivity contribution in [1.82, 2.24) is 10.6 Å². The molecule has 6 nitrogen and oxygen atoms in total. The quantitative estimate of drug-likeness (QED) is 0.741. The Morgan fingerprint density at radius 1 is 0.682 bits per heavy atom. The topological polar surface area (TPSA) is 92.3 Å². The van der Waals surface area contributed by atoms with Gasteiger partial charge in [0.1, 0.15) is 0 Å². The Labute approximate surface area is 128 Å². The molecular formula is C16H18N2O4. The van der Waals surface area contributed by atoms with Crippen molar-refractivity contribution in [3.05, 3.63) is 22.3 Å². The van der Waals surface area contributed by atoms with E-state index in [1.807, 2.05) is 0 Å². The van der Waals surface area contributed by atoms with E-state index >= 15 is 0 Å². The SMILES string of the molecule is CC1=C(C2(C3=C(C)C(=O)NC3=O)CCCCC2)C(=O)NC1=O. The van der Waals surface area contributed by atoms with Crippen LogP contribution in [0, 0.1) is 5.41 Å². The maximum absolute atomic E-state index is 12.3. The summed E-state index contributed by atoms with van der Waals surface area (Å²) in [4.78, 5) is 48.3. The highest BCUT2D eigenvalue weighted by Gasteiger charge is 2.51. The maximum Gasteiger partial charge on any atom is 0.255 e. The fourth-order valence-corrected chi connectivity index (χ4v) is 4.02. The van der Waals surface area contributed by atoms with Crippen LogP contribution in [0.2, 0.25) is 0 Å². The summed E-state index contributed by atoms with van der Waals surface area (Å²) in [6.45, 7) is 3.22. The number of rotatable bonds is 2. The number of imide groups is 2. The first-order valence-corrected chi connectivity index (χ1v) is 7.52. The third-order valence-electron chi connectivity index (χ3n) is 5.00. The number of nitrogens with one attached hydrogen (secondary N) is 2. The van der Waals surface area contributed by atoms with E-state index in [0.29, 0.717) is 35.1 Å². The number of carbonyl (C=O) groups is 4. The second-order valence-electron chi connectivity index (χ2n) is 6.21. The van der Waals surface area contributed by atoms with Gasteiger partial charge in [-0.15, -0.1) is 0 Å². The molecule has 1 aliphatic carbocycles. The summed E-state index contributed by atoms with van der Waals surface area (Å²) < 4.78 is 0. The van der Waals surface area contributed by atoms with Crippen LogP contribution >= 0.6 is 0 Å². The second-order valence-corrected chi connectivity index (χ2v) is 6.21. The first kappa shape index (κ1) is 14.7. The normalized spacial score (nSPS) is 25.0. The summed E-state index contributed by atoms with van der Waals surface area (Å²) in [6, 6.07) is 0. The van der Waals surface area contributed by atoms with E-state index in [4.69, 9.17) is 0 Å². The number of hydrogen-bond acceptors (Lipinski definition) is 4. The second kappa shape index (κ2) is 4.90. The van der Waals surface area contributed by atoms with E-state index in [2.05, 4.69) is 10.6 Å². The Bertz CT molecular complexity index is 626. The molecule has 0 unspecified atom stereocenters. The molecule has 1 fully saturated rings. The molecule has 0 atom stereocenters. The summed E-state index contributed by atoms with van der Waals surface area (Å²) in [5, 5.41) is 4.62. The molecule has 0 radical (unpaired) electrons. The van der Waals surface area contributed by atoms with E-state index in [0.717, 1.165) is 19.3 Å². The lowest BCUT2D eigenvalue weighted by atomic mass is 9.62. The van der Waals surface area contributed by atoms with Gasteiger partial charge in [0, 0.05) is 27.7 Å². The van der Waals surface area contributed by atoms with Crippen molar-refractivity contribution in [3.8, 4) is 0 Å². The number of carbonyl (C=O) groups excluding carboxylic acids is 4. The average Bonchev–Trinajstić information content (AvgIpc) is 2.87. The summed E-state index contributed by atoms with van der Waals surface area (Å²) in [5.41, 5.74) is 0.644. The molecule has 0 aromatic rings. The monoisotopic (exact) mass is 302 g/mol. The zero-order valence-electron chi connectivity index (χ0n) is 12.7. The molecular weight excluding hydrogens is 284 g/mol. The molecule has 1 saturated carbocycles. The van der Waals surface area contributed by atoms with Gasteiger partial charge in [0.2, 0.25) is 0 Å². The maximum atomic E-state index is 12.3. The van der Waals surface area contributed by atoms with Crippen LogP contribution in [0.3, 0.4) is 0 Å². The van der Waals surface area contributed by atoms with Gasteiger partial charge in [0.15, 0.2) is 0 Å². The molecule has 3 aliphatic rings. The van der Waals surface area contributed by atoms with Crippen LogP contribution in [0.5, 0.6) is 0 Å². The van der Waals surface area contributed by atoms with Crippen molar-refractivity contribution in [2.45, 2.75) is 46.0 Å². The van der Waals surface area contributed by atoms with E-state index in [9.17, 15) is 19.2 Å². The first-order chi connectivity index (χ1) is 10.4. The molecule has 6 heteroatoms. The molecule has 0 aromatic heterocycles. The summed E-state index contributed by atoms with van der Waals surface area (Å²) in [6.07, 6.45) is 3.94. The van der Waals surface area contributed by atoms with Crippen LogP contribution in [-0.4, -0.2) is 23.6 Å². The standard InChI is InChI=1S/C16H18N2O4/c1-8-10(14(21)17-12(8)19)16(6-4-3-5-7-16)11-9(2)13(20)18-15(11)22/h3-7H2,1-2H3,(H,17,19,21)(H,18,20,22). The molecule has 0 bridgehead atoms. The Morgan fingerprint density at radius 2 is 1.09 bits per heavy atom. The molecule has 4 amide bonds. The van der Waals surface area contributed by atoms with E-state index < -0.39 is 29.0 Å². The average molecular weight is 302 g/mol. The van der Waals surface area contributed by atoms with Gasteiger partial charge in [-0.25, -0.2) is 0 Å². The molecule has 116 valence electrons. The Balaban J connectivity index is 2.24. The van der Waals surface area contributed by atoms with Crippen molar-refractivity contribution in [3.63, 3.8) is 0 Å². The third-order valence-corrected chi connectivity index (χ3v) is 5.00. The first-order valence-electron chi connectivity index (χ1n) is 7.52. The molecule has 2 heterocycles. The molecule has 2 N–H and O–H groups in total. The van der Waals surface area contributed by atoms with Gasteiger partial charge < -0.3 is 0 Å². The Kier molecular flexibility index (Phi) is 3.27. The van der Waals surface area contributed by atoms with Crippen LogP contribution in [0.1, 0.15) is 46.0 Å². The van der Waals surface area contributed by atoms with Gasteiger partial charge in [0.05, 0.1) is 0 Å². The minimum Gasteiger partial charge on any atom is -0.289 e. The minimum atomic E-state index is -0.821. The number of hydrogen-bond donors (Lipinski definition) is 2. The van der Waals surface area contributed by atoms with Gasteiger partial charge in [-0.05, 0) is 26.7 Å². The van der Waals surface area contributed by atoms with E-state index in [-0.39, 0.29) is 0 Å². The lowest BCUT2D eigenvalue weighted by Crippen LogP contribution is -2.38. The smallest absolute Gasteiger partial charge is 0.255 e. The van der Waals surface area contributed by atoms with Crippen molar-refractivity contribution in [2.75, 3.05) is 0 Å². The predicted octanol–water partition coefficient (Wildman–Crippen LogP) is 0.883. The van der Waals surface area contributed by atoms with Crippen LogP contribution < -0.4 is 10.6 Å². The van der Waals surface area contributed by atoms with Crippen molar-refractivity contribution in [2.24, 2.45) is 5.41 Å². The molecule has 0 spiro atoms. The Hall–Kier alpha value is -2.24. The van der Waals surface area contributed by atoms with E-state index in [1.54, 1.807) is 13.8 Å². The molecule has 22 heavy (non-hydrogen) atoms. The summed E-state index contributed by atoms with van der Waals surface area (Å²) in [5.74, 6) is -1.69. The minimum absolute atomic E-state index is 0.361. The van der Waals surface area contributed by atoms with Gasteiger partial charge >= 0.3 is 0 Å². The lowest BCUT2D eigenvalue weighted by Gasteiger charge is -2.38. The fourth-order valence-electron chi connectivity index (χ4n) is 4.02. The largest absolute Gasteiger partial charge is 0.289 e.